The summed E-state index contributed by atoms with van der Waals surface area (Å²) >= 11 is 0. The van der Waals surface area contributed by atoms with Gasteiger partial charge in [0.2, 0.25) is 0 Å². The molecule has 108 valence electrons. The van der Waals surface area contributed by atoms with E-state index >= 15 is 0 Å². The molecule has 4 nitrogen and oxygen atoms in total. The van der Waals surface area contributed by atoms with Gasteiger partial charge in [0, 0.05) is 11.8 Å². The molecule has 0 aliphatic carbocycles. The van der Waals surface area contributed by atoms with E-state index in [4.69, 9.17) is 9.84 Å². The monoisotopic (exact) mass is 268 g/mol. The molecule has 1 aromatic rings. The number of hydrogen-bond acceptors (Lipinski definition) is 4. The molecule has 1 rings (SSSR count). The molecule has 4 heteroatoms. The molecular formula is C15H24O4. The van der Waals surface area contributed by atoms with Crippen molar-refractivity contribution < 1.29 is 20.1 Å². The van der Waals surface area contributed by atoms with Crippen molar-refractivity contribution in [3.63, 3.8) is 0 Å². The molecular weight excluding hydrogens is 244 g/mol. The van der Waals surface area contributed by atoms with Gasteiger partial charge in [-0.2, -0.15) is 0 Å². The summed E-state index contributed by atoms with van der Waals surface area (Å²) < 4.78 is 5.62. The minimum atomic E-state index is -0.886. The van der Waals surface area contributed by atoms with E-state index < -0.39 is 17.6 Å². The van der Waals surface area contributed by atoms with Crippen molar-refractivity contribution in [1.82, 2.24) is 0 Å². The number of aliphatic hydroxyl groups excluding tert-OH is 3. The average molecular weight is 268 g/mol. The highest BCUT2D eigenvalue weighted by molar-refractivity contribution is 5.13. The molecule has 3 N–H and O–H groups in total. The summed E-state index contributed by atoms with van der Waals surface area (Å²) in [6, 6.07) is 9.83. The first-order valence-electron chi connectivity index (χ1n) is 6.54. The van der Waals surface area contributed by atoms with Gasteiger partial charge in [-0.05, 0) is 5.56 Å². The normalized spacial score (nSPS) is 15.2. The zero-order chi connectivity index (χ0) is 14.3. The fourth-order valence-corrected chi connectivity index (χ4v) is 1.75. The molecule has 1 aromatic carbocycles. The standard InChI is InChI=1S/C15H24O4/c1-15(2,14(18)8-13(17)9-16)11-19-10-12-6-4-3-5-7-12/h3-7,13-14,16-18H,8-11H2,1-2H3/t13-,14-/m1/s1. The highest BCUT2D eigenvalue weighted by Crippen LogP contribution is 2.25. The summed E-state index contributed by atoms with van der Waals surface area (Å²) in [4.78, 5) is 0. The predicted octanol–water partition coefficient (Wildman–Crippen LogP) is 1.33. The Bertz CT molecular complexity index is 350. The Labute approximate surface area is 114 Å². The van der Waals surface area contributed by atoms with Crippen LogP contribution >= 0.6 is 0 Å². The van der Waals surface area contributed by atoms with Gasteiger partial charge in [-0.1, -0.05) is 44.2 Å². The minimum absolute atomic E-state index is 0.151. The third-order valence-corrected chi connectivity index (χ3v) is 3.19. The Morgan fingerprint density at radius 2 is 1.79 bits per heavy atom. The van der Waals surface area contributed by atoms with E-state index in [1.165, 1.54) is 0 Å². The van der Waals surface area contributed by atoms with Crippen LogP contribution in [0.15, 0.2) is 30.3 Å². The van der Waals surface area contributed by atoms with Crippen LogP contribution in [0.25, 0.3) is 0 Å². The predicted molar refractivity (Wildman–Crippen MR) is 73.6 cm³/mol. The number of benzene rings is 1. The Balaban J connectivity index is 2.37. The van der Waals surface area contributed by atoms with Crippen molar-refractivity contribution in [3.8, 4) is 0 Å². The van der Waals surface area contributed by atoms with Crippen molar-refractivity contribution in [2.24, 2.45) is 5.41 Å². The highest BCUT2D eigenvalue weighted by Gasteiger charge is 2.29. The van der Waals surface area contributed by atoms with Crippen LogP contribution in [0.3, 0.4) is 0 Å². The van der Waals surface area contributed by atoms with Crippen LogP contribution in [0.1, 0.15) is 25.8 Å². The minimum Gasteiger partial charge on any atom is -0.394 e. The lowest BCUT2D eigenvalue weighted by atomic mass is 9.84. The highest BCUT2D eigenvalue weighted by atomic mass is 16.5. The first kappa shape index (κ1) is 16.1. The lowest BCUT2D eigenvalue weighted by molar-refractivity contribution is -0.0546. The molecule has 0 spiro atoms. The number of rotatable bonds is 8. The first-order valence-corrected chi connectivity index (χ1v) is 6.54. The number of hydrogen-bond donors (Lipinski definition) is 3. The van der Waals surface area contributed by atoms with E-state index in [0.29, 0.717) is 13.2 Å². The molecule has 0 saturated heterocycles. The van der Waals surface area contributed by atoms with E-state index in [-0.39, 0.29) is 13.0 Å². The zero-order valence-corrected chi connectivity index (χ0v) is 11.6. The lowest BCUT2D eigenvalue weighted by Gasteiger charge is -2.31. The van der Waals surface area contributed by atoms with Gasteiger partial charge in [0.25, 0.3) is 0 Å². The van der Waals surface area contributed by atoms with Gasteiger partial charge in [0.1, 0.15) is 0 Å². The maximum absolute atomic E-state index is 10.0. The summed E-state index contributed by atoms with van der Waals surface area (Å²) in [5.74, 6) is 0. The van der Waals surface area contributed by atoms with Crippen molar-refractivity contribution in [2.75, 3.05) is 13.2 Å². The molecule has 0 heterocycles. The third-order valence-electron chi connectivity index (χ3n) is 3.19. The molecule has 0 aliphatic rings. The Kier molecular flexibility index (Phi) is 6.45. The van der Waals surface area contributed by atoms with Crippen LogP contribution < -0.4 is 0 Å². The fourth-order valence-electron chi connectivity index (χ4n) is 1.75. The molecule has 0 unspecified atom stereocenters. The fraction of sp³-hybridized carbons (Fsp3) is 0.600. The molecule has 0 bridgehead atoms. The smallest absolute Gasteiger partial charge is 0.0795 e. The van der Waals surface area contributed by atoms with E-state index in [2.05, 4.69) is 0 Å². The summed E-state index contributed by atoms with van der Waals surface area (Å²) in [7, 11) is 0. The molecule has 0 aliphatic heterocycles. The quantitative estimate of drug-likeness (QED) is 0.665. The number of ether oxygens (including phenoxy) is 1. The van der Waals surface area contributed by atoms with Crippen molar-refractivity contribution >= 4 is 0 Å². The SMILES string of the molecule is CC(C)(COCc1ccccc1)[C@H](O)C[C@@H](O)CO. The average Bonchev–Trinajstić information content (AvgIpc) is 2.39. The molecule has 2 atom stereocenters. The van der Waals surface area contributed by atoms with Crippen LogP contribution in [0, 0.1) is 5.41 Å². The summed E-state index contributed by atoms with van der Waals surface area (Å²) in [5, 5.41) is 28.2. The Hall–Kier alpha value is -0.940. The molecule has 0 amide bonds. The maximum Gasteiger partial charge on any atom is 0.0795 e. The second-order valence-corrected chi connectivity index (χ2v) is 5.55. The van der Waals surface area contributed by atoms with E-state index in [1.54, 1.807) is 0 Å². The topological polar surface area (TPSA) is 69.9 Å². The van der Waals surface area contributed by atoms with Gasteiger partial charge < -0.3 is 20.1 Å². The summed E-state index contributed by atoms with van der Waals surface area (Å²) in [5.41, 5.74) is 0.619. The Morgan fingerprint density at radius 3 is 2.37 bits per heavy atom. The van der Waals surface area contributed by atoms with Gasteiger partial charge in [0.15, 0.2) is 0 Å². The Morgan fingerprint density at radius 1 is 1.16 bits per heavy atom. The summed E-state index contributed by atoms with van der Waals surface area (Å²) in [6.45, 7) is 4.32. The third kappa shape index (κ3) is 5.70. The lowest BCUT2D eigenvalue weighted by Crippen LogP contribution is -2.37. The van der Waals surface area contributed by atoms with E-state index in [9.17, 15) is 10.2 Å². The van der Waals surface area contributed by atoms with Crippen LogP contribution in [0.4, 0.5) is 0 Å². The van der Waals surface area contributed by atoms with Crippen molar-refractivity contribution in [3.05, 3.63) is 35.9 Å². The maximum atomic E-state index is 10.0. The van der Waals surface area contributed by atoms with Crippen LogP contribution in [-0.4, -0.2) is 40.7 Å². The van der Waals surface area contributed by atoms with Gasteiger partial charge in [-0.15, -0.1) is 0 Å². The number of aliphatic hydroxyl groups is 3. The van der Waals surface area contributed by atoms with Gasteiger partial charge in [0.05, 0.1) is 32.0 Å². The van der Waals surface area contributed by atoms with Gasteiger partial charge >= 0.3 is 0 Å². The van der Waals surface area contributed by atoms with Crippen LogP contribution in [0.2, 0.25) is 0 Å². The molecule has 0 saturated carbocycles. The van der Waals surface area contributed by atoms with Crippen molar-refractivity contribution in [2.45, 2.75) is 39.1 Å². The van der Waals surface area contributed by atoms with Crippen molar-refractivity contribution in [1.29, 1.82) is 0 Å². The molecule has 0 radical (unpaired) electrons. The summed E-state index contributed by atoms with van der Waals surface area (Å²) in [6.07, 6.45) is -1.45. The second kappa shape index (κ2) is 7.60. The van der Waals surface area contributed by atoms with E-state index in [0.717, 1.165) is 5.56 Å². The largest absolute Gasteiger partial charge is 0.394 e. The van der Waals surface area contributed by atoms with E-state index in [1.807, 2.05) is 44.2 Å². The van der Waals surface area contributed by atoms with Crippen LogP contribution in [-0.2, 0) is 11.3 Å². The molecule has 19 heavy (non-hydrogen) atoms. The first-order chi connectivity index (χ1) is 8.95. The van der Waals surface area contributed by atoms with Gasteiger partial charge in [-0.3, -0.25) is 0 Å². The molecule has 0 aromatic heterocycles. The zero-order valence-electron chi connectivity index (χ0n) is 11.6. The van der Waals surface area contributed by atoms with Gasteiger partial charge in [-0.25, -0.2) is 0 Å². The molecule has 0 fully saturated rings. The second-order valence-electron chi connectivity index (χ2n) is 5.55. The van der Waals surface area contributed by atoms with Crippen LogP contribution in [0.5, 0.6) is 0 Å².